The Labute approximate surface area is 107 Å². The van der Waals surface area contributed by atoms with Crippen molar-refractivity contribution in [2.24, 2.45) is 11.8 Å². The van der Waals surface area contributed by atoms with Gasteiger partial charge in [0.25, 0.3) is 0 Å². The third-order valence-electron chi connectivity index (χ3n) is 3.51. The van der Waals surface area contributed by atoms with Gasteiger partial charge in [0, 0.05) is 30.7 Å². The second kappa shape index (κ2) is 5.00. The van der Waals surface area contributed by atoms with Gasteiger partial charge >= 0.3 is 0 Å². The maximum absolute atomic E-state index is 4.31. The molecule has 3 heterocycles. The lowest BCUT2D eigenvalue weighted by atomic mass is 10.0. The molecule has 0 aromatic carbocycles. The molecule has 0 spiro atoms. The Morgan fingerprint density at radius 3 is 2.69 bits per heavy atom. The van der Waals surface area contributed by atoms with E-state index < -0.39 is 0 Å². The predicted molar refractivity (Wildman–Crippen MR) is 69.2 cm³/mol. The average molecular weight is 260 g/mol. The highest BCUT2D eigenvalue weighted by Gasteiger charge is 2.35. The van der Waals surface area contributed by atoms with E-state index in [-0.39, 0.29) is 12.4 Å². The van der Waals surface area contributed by atoms with Gasteiger partial charge in [-0.05, 0) is 31.8 Å². The number of thiazole rings is 1. The highest BCUT2D eigenvalue weighted by Crippen LogP contribution is 2.28. The van der Waals surface area contributed by atoms with Crippen molar-refractivity contribution < 1.29 is 0 Å². The number of aryl methyl sites for hydroxylation is 1. The molecule has 2 saturated heterocycles. The molecule has 2 fully saturated rings. The standard InChI is InChI=1S/C11H17N3S.ClH/c1-8-13-4-11(15-8)7-14-5-9-2-12-3-10(9)6-14;/h4,9-10,12H,2-3,5-7H2,1H3;1H/t9-,10+;. The maximum Gasteiger partial charge on any atom is 0.0897 e. The number of hydrogen-bond donors (Lipinski definition) is 1. The summed E-state index contributed by atoms with van der Waals surface area (Å²) in [4.78, 5) is 8.31. The summed E-state index contributed by atoms with van der Waals surface area (Å²) in [5.74, 6) is 1.80. The van der Waals surface area contributed by atoms with Gasteiger partial charge in [0.15, 0.2) is 0 Å². The molecule has 0 radical (unpaired) electrons. The first kappa shape index (κ1) is 12.3. The van der Waals surface area contributed by atoms with Gasteiger partial charge in [-0.3, -0.25) is 4.90 Å². The third kappa shape index (κ3) is 2.40. The van der Waals surface area contributed by atoms with Gasteiger partial charge in [-0.25, -0.2) is 4.98 Å². The van der Waals surface area contributed by atoms with Crippen LogP contribution in [0.15, 0.2) is 6.20 Å². The summed E-state index contributed by atoms with van der Waals surface area (Å²) in [6, 6.07) is 0. The van der Waals surface area contributed by atoms with Gasteiger partial charge in [-0.2, -0.15) is 0 Å². The molecular weight excluding hydrogens is 242 g/mol. The highest BCUT2D eigenvalue weighted by molar-refractivity contribution is 7.11. The van der Waals surface area contributed by atoms with Crippen LogP contribution in [0.25, 0.3) is 0 Å². The van der Waals surface area contributed by atoms with Gasteiger partial charge in [0.1, 0.15) is 0 Å². The molecule has 5 heteroatoms. The minimum Gasteiger partial charge on any atom is -0.316 e. The average Bonchev–Trinajstić information content (AvgIpc) is 2.81. The van der Waals surface area contributed by atoms with Gasteiger partial charge < -0.3 is 5.32 Å². The Hall–Kier alpha value is -0.160. The van der Waals surface area contributed by atoms with E-state index in [2.05, 4.69) is 22.1 Å². The van der Waals surface area contributed by atoms with Crippen molar-refractivity contribution in [2.45, 2.75) is 13.5 Å². The first-order valence-corrected chi connectivity index (χ1v) is 6.47. The van der Waals surface area contributed by atoms with Crippen LogP contribution in [0.2, 0.25) is 0 Å². The normalized spacial score (nSPS) is 29.1. The van der Waals surface area contributed by atoms with E-state index in [0.29, 0.717) is 0 Å². The van der Waals surface area contributed by atoms with Crippen molar-refractivity contribution in [3.63, 3.8) is 0 Å². The summed E-state index contributed by atoms with van der Waals surface area (Å²) in [6.45, 7) is 8.18. The number of fused-ring (bicyclic) bond motifs is 1. The van der Waals surface area contributed by atoms with Crippen LogP contribution < -0.4 is 5.32 Å². The zero-order valence-corrected chi connectivity index (χ0v) is 11.1. The topological polar surface area (TPSA) is 28.2 Å². The minimum atomic E-state index is 0. The second-order valence-electron chi connectivity index (χ2n) is 4.72. The molecule has 2 aliphatic rings. The summed E-state index contributed by atoms with van der Waals surface area (Å²) >= 11 is 1.83. The maximum atomic E-state index is 4.31. The number of aromatic nitrogens is 1. The van der Waals surface area contributed by atoms with Crippen LogP contribution in [0.4, 0.5) is 0 Å². The van der Waals surface area contributed by atoms with Crippen molar-refractivity contribution in [3.8, 4) is 0 Å². The van der Waals surface area contributed by atoms with Crippen LogP contribution in [0.3, 0.4) is 0 Å². The first-order valence-electron chi connectivity index (χ1n) is 5.65. The fourth-order valence-corrected chi connectivity index (χ4v) is 3.62. The Kier molecular flexibility index (Phi) is 3.85. The second-order valence-corrected chi connectivity index (χ2v) is 6.04. The van der Waals surface area contributed by atoms with Crippen LogP contribution >= 0.6 is 23.7 Å². The number of rotatable bonds is 2. The third-order valence-corrected chi connectivity index (χ3v) is 4.41. The molecule has 3 nitrogen and oxygen atoms in total. The number of hydrogen-bond acceptors (Lipinski definition) is 4. The molecule has 0 amide bonds. The monoisotopic (exact) mass is 259 g/mol. The molecule has 0 aliphatic carbocycles. The lowest BCUT2D eigenvalue weighted by Gasteiger charge is -2.15. The van der Waals surface area contributed by atoms with E-state index in [1.807, 2.05) is 17.5 Å². The predicted octanol–water partition coefficient (Wildman–Crippen LogP) is 1.52. The van der Waals surface area contributed by atoms with Crippen molar-refractivity contribution in [2.75, 3.05) is 26.2 Å². The number of nitrogens with one attached hydrogen (secondary N) is 1. The van der Waals surface area contributed by atoms with Crippen LogP contribution in [0, 0.1) is 18.8 Å². The lowest BCUT2D eigenvalue weighted by Crippen LogP contribution is -2.25. The fourth-order valence-electron chi connectivity index (χ4n) is 2.78. The highest BCUT2D eigenvalue weighted by atomic mass is 35.5. The SMILES string of the molecule is Cc1ncc(CN2C[C@H]3CNC[C@H]3C2)s1.Cl. The van der Waals surface area contributed by atoms with E-state index in [1.165, 1.54) is 36.1 Å². The molecular formula is C11H18ClN3S. The first-order chi connectivity index (χ1) is 7.31. The molecule has 0 saturated carbocycles. The van der Waals surface area contributed by atoms with Gasteiger partial charge in [0.05, 0.1) is 5.01 Å². The Morgan fingerprint density at radius 2 is 2.12 bits per heavy atom. The van der Waals surface area contributed by atoms with Crippen LogP contribution in [-0.2, 0) is 6.54 Å². The molecule has 2 aliphatic heterocycles. The molecule has 1 aromatic rings. The minimum absolute atomic E-state index is 0. The van der Waals surface area contributed by atoms with E-state index in [9.17, 15) is 0 Å². The smallest absolute Gasteiger partial charge is 0.0897 e. The summed E-state index contributed by atoms with van der Waals surface area (Å²) in [6.07, 6.45) is 2.03. The Morgan fingerprint density at radius 1 is 1.44 bits per heavy atom. The van der Waals surface area contributed by atoms with E-state index in [1.54, 1.807) is 0 Å². The number of halogens is 1. The number of nitrogens with zero attached hydrogens (tertiary/aromatic N) is 2. The summed E-state index contributed by atoms with van der Waals surface area (Å²) in [5, 5.41) is 4.66. The molecule has 3 rings (SSSR count). The van der Waals surface area contributed by atoms with Gasteiger partial charge in [-0.1, -0.05) is 0 Å². The number of likely N-dealkylation sites (tertiary alicyclic amines) is 1. The van der Waals surface area contributed by atoms with Crippen LogP contribution in [-0.4, -0.2) is 36.1 Å². The zero-order valence-electron chi connectivity index (χ0n) is 9.48. The molecule has 1 aromatic heterocycles. The van der Waals surface area contributed by atoms with Crippen LogP contribution in [0.1, 0.15) is 9.88 Å². The quantitative estimate of drug-likeness (QED) is 0.873. The van der Waals surface area contributed by atoms with E-state index in [4.69, 9.17) is 0 Å². The molecule has 0 unspecified atom stereocenters. The zero-order chi connectivity index (χ0) is 10.3. The van der Waals surface area contributed by atoms with Gasteiger partial charge in [0.2, 0.25) is 0 Å². The summed E-state index contributed by atoms with van der Waals surface area (Å²) < 4.78 is 0. The van der Waals surface area contributed by atoms with E-state index in [0.717, 1.165) is 18.4 Å². The summed E-state index contributed by atoms with van der Waals surface area (Å²) in [7, 11) is 0. The fraction of sp³-hybridized carbons (Fsp3) is 0.727. The molecule has 16 heavy (non-hydrogen) atoms. The lowest BCUT2D eigenvalue weighted by molar-refractivity contribution is 0.308. The van der Waals surface area contributed by atoms with E-state index >= 15 is 0 Å². The largest absolute Gasteiger partial charge is 0.316 e. The Bertz CT molecular complexity index is 343. The van der Waals surface area contributed by atoms with Gasteiger partial charge in [-0.15, -0.1) is 23.7 Å². The summed E-state index contributed by atoms with van der Waals surface area (Å²) in [5.41, 5.74) is 0. The molecule has 1 N–H and O–H groups in total. The molecule has 90 valence electrons. The molecule has 2 atom stereocenters. The Balaban J connectivity index is 0.000000963. The van der Waals surface area contributed by atoms with Crippen molar-refractivity contribution in [3.05, 3.63) is 16.1 Å². The van der Waals surface area contributed by atoms with Crippen molar-refractivity contribution >= 4 is 23.7 Å². The van der Waals surface area contributed by atoms with Crippen molar-refractivity contribution in [1.82, 2.24) is 15.2 Å². The van der Waals surface area contributed by atoms with Crippen LogP contribution in [0.5, 0.6) is 0 Å². The van der Waals surface area contributed by atoms with Crippen molar-refractivity contribution in [1.29, 1.82) is 0 Å². The molecule has 0 bridgehead atoms.